The predicted octanol–water partition coefficient (Wildman–Crippen LogP) is 5.24. The highest BCUT2D eigenvalue weighted by molar-refractivity contribution is 7.08. The molecule has 8 nitrogen and oxygen atoms in total. The van der Waals surface area contributed by atoms with Crippen molar-refractivity contribution in [1.29, 1.82) is 0 Å². The lowest BCUT2D eigenvalue weighted by atomic mass is 9.85. The van der Waals surface area contributed by atoms with Gasteiger partial charge in [-0.1, -0.05) is 25.3 Å². The Morgan fingerprint density at radius 1 is 1.03 bits per heavy atom. The lowest BCUT2D eigenvalue weighted by Crippen LogP contribution is -2.28. The van der Waals surface area contributed by atoms with Gasteiger partial charge in [-0.3, -0.25) is 4.98 Å². The number of thiophene rings is 1. The van der Waals surface area contributed by atoms with Gasteiger partial charge in [0.2, 0.25) is 5.95 Å². The molecular weight excluding hydrogens is 456 g/mol. The summed E-state index contributed by atoms with van der Waals surface area (Å²) in [5.74, 6) is 2.44. The zero-order valence-electron chi connectivity index (χ0n) is 19.9. The highest BCUT2D eigenvalue weighted by atomic mass is 32.1. The number of nitrogen functional groups attached to an aromatic ring is 1. The molecule has 6 rings (SSSR count). The van der Waals surface area contributed by atoms with Crippen molar-refractivity contribution in [2.75, 3.05) is 11.1 Å². The average molecular weight is 489 g/mol. The fourth-order valence-corrected chi connectivity index (χ4v) is 6.35. The second-order valence-electron chi connectivity index (χ2n) is 9.92. The van der Waals surface area contributed by atoms with Gasteiger partial charge in [-0.2, -0.15) is 21.3 Å². The number of anilines is 2. The minimum atomic E-state index is 0.240. The number of rotatable bonds is 6. The van der Waals surface area contributed by atoms with E-state index in [9.17, 15) is 0 Å². The third kappa shape index (κ3) is 4.50. The maximum atomic E-state index is 6.37. The number of hydrogen-bond donors (Lipinski definition) is 3. The summed E-state index contributed by atoms with van der Waals surface area (Å²) in [5.41, 5.74) is 17.4. The first-order valence-electron chi connectivity index (χ1n) is 12.7. The Kier molecular flexibility index (Phi) is 6.12. The highest BCUT2D eigenvalue weighted by Crippen LogP contribution is 2.40. The van der Waals surface area contributed by atoms with Crippen molar-refractivity contribution in [3.63, 3.8) is 0 Å². The molecule has 0 saturated heterocycles. The Morgan fingerprint density at radius 2 is 1.91 bits per heavy atom. The Balaban J connectivity index is 1.33. The molecule has 5 N–H and O–H groups in total. The van der Waals surface area contributed by atoms with Gasteiger partial charge in [0.05, 0.1) is 5.69 Å². The second kappa shape index (κ2) is 9.54. The van der Waals surface area contributed by atoms with E-state index >= 15 is 0 Å². The monoisotopic (exact) mass is 488 g/mol. The van der Waals surface area contributed by atoms with Gasteiger partial charge in [-0.25, -0.2) is 4.98 Å². The molecule has 0 bridgehead atoms. The molecule has 2 atom stereocenters. The molecule has 2 saturated carbocycles. The van der Waals surface area contributed by atoms with Gasteiger partial charge in [0.1, 0.15) is 5.82 Å². The molecule has 0 aliphatic heterocycles. The smallest absolute Gasteiger partial charge is 0.224 e. The molecule has 4 heterocycles. The number of pyridine rings is 1. The van der Waals surface area contributed by atoms with E-state index in [-0.39, 0.29) is 12.0 Å². The molecule has 2 aliphatic carbocycles. The van der Waals surface area contributed by atoms with Crippen LogP contribution in [0, 0.1) is 0 Å². The minimum Gasteiger partial charge on any atom is -0.368 e. The number of fused-ring (bicyclic) bond motifs is 1. The summed E-state index contributed by atoms with van der Waals surface area (Å²) in [6, 6.07) is 6.90. The molecular formula is C26H32N8S. The summed E-state index contributed by atoms with van der Waals surface area (Å²) < 4.78 is 2.38. The summed E-state index contributed by atoms with van der Waals surface area (Å²) in [6.07, 6.45) is 11.1. The Hall–Kier alpha value is -3.04. The molecule has 0 amide bonds. The van der Waals surface area contributed by atoms with E-state index in [0.717, 1.165) is 72.3 Å². The number of hydrogen-bond acceptors (Lipinski definition) is 8. The predicted molar refractivity (Wildman–Crippen MR) is 141 cm³/mol. The van der Waals surface area contributed by atoms with Crippen LogP contribution in [0.4, 0.5) is 11.8 Å². The van der Waals surface area contributed by atoms with Crippen molar-refractivity contribution in [3.05, 3.63) is 46.5 Å². The van der Waals surface area contributed by atoms with Crippen LogP contribution < -0.4 is 16.8 Å². The molecule has 0 spiro atoms. The standard InChI is InChI=1S/C26H32N8S/c27-19-5-3-4-17(12-19)24-31-22-23(32-26(28)33-25(22)34(24)20-6-1-2-7-20)30-14-16-8-9-21(29-13-16)18-10-11-35-15-18/h8-11,13,15,17,19-20H,1-7,12,14,27H2,(H3,28,30,32,33). The molecule has 2 aliphatic rings. The third-order valence-corrected chi connectivity index (χ3v) is 8.14. The molecule has 2 unspecified atom stereocenters. The zero-order valence-corrected chi connectivity index (χ0v) is 20.7. The number of nitrogens with zero attached hydrogens (tertiary/aromatic N) is 5. The minimum absolute atomic E-state index is 0.240. The maximum Gasteiger partial charge on any atom is 0.224 e. The van der Waals surface area contributed by atoms with Crippen LogP contribution in [0.5, 0.6) is 0 Å². The van der Waals surface area contributed by atoms with Crippen molar-refractivity contribution < 1.29 is 0 Å². The summed E-state index contributed by atoms with van der Waals surface area (Å²) >= 11 is 1.68. The van der Waals surface area contributed by atoms with Crippen molar-refractivity contribution >= 4 is 34.3 Å². The largest absolute Gasteiger partial charge is 0.368 e. The van der Waals surface area contributed by atoms with Gasteiger partial charge in [0.25, 0.3) is 0 Å². The topological polar surface area (TPSA) is 121 Å². The molecule has 4 aromatic heterocycles. The van der Waals surface area contributed by atoms with Crippen LogP contribution in [0.3, 0.4) is 0 Å². The summed E-state index contributed by atoms with van der Waals surface area (Å²) in [5, 5.41) is 7.65. The van der Waals surface area contributed by atoms with E-state index in [4.69, 9.17) is 21.4 Å². The van der Waals surface area contributed by atoms with E-state index in [2.05, 4.69) is 48.8 Å². The van der Waals surface area contributed by atoms with Crippen molar-refractivity contribution in [3.8, 4) is 11.3 Å². The summed E-state index contributed by atoms with van der Waals surface area (Å²) in [7, 11) is 0. The fourth-order valence-electron chi connectivity index (χ4n) is 5.70. The average Bonchev–Trinajstić information content (AvgIpc) is 3.64. The van der Waals surface area contributed by atoms with Gasteiger partial charge < -0.3 is 21.4 Å². The second-order valence-corrected chi connectivity index (χ2v) is 10.7. The first-order chi connectivity index (χ1) is 17.2. The molecule has 35 heavy (non-hydrogen) atoms. The van der Waals surface area contributed by atoms with Gasteiger partial charge in [-0.15, -0.1) is 0 Å². The molecule has 9 heteroatoms. The molecule has 0 aromatic carbocycles. The first kappa shape index (κ1) is 22.4. The van der Waals surface area contributed by atoms with Crippen molar-refractivity contribution in [1.82, 2.24) is 24.5 Å². The van der Waals surface area contributed by atoms with Crippen molar-refractivity contribution in [2.24, 2.45) is 5.73 Å². The quantitative estimate of drug-likeness (QED) is 0.339. The van der Waals surface area contributed by atoms with E-state index in [1.807, 2.05) is 6.20 Å². The van der Waals surface area contributed by atoms with Gasteiger partial charge in [0, 0.05) is 41.7 Å². The van der Waals surface area contributed by atoms with Crippen LogP contribution in [0.25, 0.3) is 22.4 Å². The van der Waals surface area contributed by atoms with E-state index < -0.39 is 0 Å². The zero-order chi connectivity index (χ0) is 23.8. The van der Waals surface area contributed by atoms with Crippen molar-refractivity contribution in [2.45, 2.75) is 75.9 Å². The van der Waals surface area contributed by atoms with Gasteiger partial charge in [0.15, 0.2) is 17.0 Å². The molecule has 0 radical (unpaired) electrons. The first-order valence-corrected chi connectivity index (χ1v) is 13.6. The Bertz CT molecular complexity index is 1290. The fraction of sp³-hybridized carbons (Fsp3) is 0.462. The van der Waals surface area contributed by atoms with Crippen LogP contribution in [0.1, 0.15) is 74.7 Å². The molecule has 2 fully saturated rings. The number of imidazole rings is 1. The van der Waals surface area contributed by atoms with Gasteiger partial charge in [-0.05, 0) is 55.2 Å². The van der Waals surface area contributed by atoms with E-state index in [1.54, 1.807) is 11.3 Å². The van der Waals surface area contributed by atoms with E-state index in [0.29, 0.717) is 24.3 Å². The van der Waals surface area contributed by atoms with Crippen LogP contribution in [-0.4, -0.2) is 30.5 Å². The SMILES string of the molecule is Nc1nc(NCc2ccc(-c3ccsc3)nc2)c2nc(C3CCCC(N)C3)n(C3CCCC3)c2n1. The Labute approximate surface area is 209 Å². The number of nitrogens with one attached hydrogen (secondary N) is 1. The van der Waals surface area contributed by atoms with E-state index in [1.165, 1.54) is 12.8 Å². The summed E-state index contributed by atoms with van der Waals surface area (Å²) in [4.78, 5) is 19.0. The lowest BCUT2D eigenvalue weighted by Gasteiger charge is -2.28. The highest BCUT2D eigenvalue weighted by Gasteiger charge is 2.31. The van der Waals surface area contributed by atoms with Crippen LogP contribution in [0.2, 0.25) is 0 Å². The summed E-state index contributed by atoms with van der Waals surface area (Å²) in [6.45, 7) is 0.586. The lowest BCUT2D eigenvalue weighted by molar-refractivity contribution is 0.364. The Morgan fingerprint density at radius 3 is 2.66 bits per heavy atom. The third-order valence-electron chi connectivity index (χ3n) is 7.46. The van der Waals surface area contributed by atoms with Crippen LogP contribution in [-0.2, 0) is 6.54 Å². The molecule has 4 aromatic rings. The maximum absolute atomic E-state index is 6.37. The van der Waals surface area contributed by atoms with Gasteiger partial charge >= 0.3 is 0 Å². The van der Waals surface area contributed by atoms with Crippen LogP contribution in [0.15, 0.2) is 35.2 Å². The molecule has 182 valence electrons. The normalized spacial score (nSPS) is 21.1. The van der Waals surface area contributed by atoms with Crippen LogP contribution >= 0.6 is 11.3 Å². The number of nitrogens with two attached hydrogens (primary N) is 2. The number of aromatic nitrogens is 5.